The zero-order valence-electron chi connectivity index (χ0n) is 14.7. The van der Waals surface area contributed by atoms with Gasteiger partial charge < -0.3 is 10.3 Å². The zero-order chi connectivity index (χ0) is 18.5. The van der Waals surface area contributed by atoms with E-state index >= 15 is 0 Å². The fourth-order valence-electron chi connectivity index (χ4n) is 3.03. The standard InChI is InChI=1S/C23H19N3O/c27-23(15-18-16-25-22-10-2-1-9-21(18)22)26-20-8-5-6-17(14-20)11-12-19-7-3-4-13-24-19/h1-14,16,25H,15H2,(H,26,27). The van der Waals surface area contributed by atoms with E-state index in [9.17, 15) is 4.79 Å². The summed E-state index contributed by atoms with van der Waals surface area (Å²) in [5, 5.41) is 4.06. The molecular weight excluding hydrogens is 334 g/mol. The van der Waals surface area contributed by atoms with E-state index in [2.05, 4.69) is 15.3 Å². The van der Waals surface area contributed by atoms with Gasteiger partial charge in [0, 0.05) is 29.0 Å². The minimum absolute atomic E-state index is 0.0365. The van der Waals surface area contributed by atoms with Gasteiger partial charge in [-0.3, -0.25) is 9.78 Å². The maximum atomic E-state index is 12.5. The largest absolute Gasteiger partial charge is 0.361 e. The Morgan fingerprint density at radius 2 is 1.89 bits per heavy atom. The van der Waals surface area contributed by atoms with Gasteiger partial charge in [-0.05, 0) is 47.5 Å². The summed E-state index contributed by atoms with van der Waals surface area (Å²) in [6.45, 7) is 0. The minimum Gasteiger partial charge on any atom is -0.361 e. The van der Waals surface area contributed by atoms with Crippen molar-refractivity contribution >= 4 is 34.6 Å². The first-order valence-electron chi connectivity index (χ1n) is 8.82. The summed E-state index contributed by atoms with van der Waals surface area (Å²) in [7, 11) is 0. The van der Waals surface area contributed by atoms with Crippen LogP contribution in [-0.4, -0.2) is 15.9 Å². The highest BCUT2D eigenvalue weighted by Gasteiger charge is 2.09. The van der Waals surface area contributed by atoms with E-state index < -0.39 is 0 Å². The Kier molecular flexibility index (Phi) is 4.79. The Hall–Kier alpha value is -3.66. The van der Waals surface area contributed by atoms with Crippen LogP contribution < -0.4 is 5.32 Å². The zero-order valence-corrected chi connectivity index (χ0v) is 14.7. The quantitative estimate of drug-likeness (QED) is 0.535. The van der Waals surface area contributed by atoms with Crippen molar-refractivity contribution in [3.8, 4) is 0 Å². The topological polar surface area (TPSA) is 57.8 Å². The molecule has 2 aromatic carbocycles. The number of aromatic amines is 1. The Morgan fingerprint density at radius 3 is 2.78 bits per heavy atom. The number of hydrogen-bond donors (Lipinski definition) is 2. The molecule has 0 atom stereocenters. The number of H-pyrrole nitrogens is 1. The third-order valence-corrected chi connectivity index (χ3v) is 4.33. The van der Waals surface area contributed by atoms with Gasteiger partial charge in [-0.15, -0.1) is 0 Å². The normalized spacial score (nSPS) is 11.1. The van der Waals surface area contributed by atoms with E-state index in [4.69, 9.17) is 0 Å². The summed E-state index contributed by atoms with van der Waals surface area (Å²) >= 11 is 0. The number of amides is 1. The Balaban J connectivity index is 1.45. The van der Waals surface area contributed by atoms with E-state index in [1.54, 1.807) is 6.20 Å². The molecule has 0 saturated heterocycles. The molecule has 2 heterocycles. The Labute approximate surface area is 157 Å². The molecule has 0 bridgehead atoms. The molecule has 0 aliphatic carbocycles. The summed E-state index contributed by atoms with van der Waals surface area (Å²) in [4.78, 5) is 19.9. The lowest BCUT2D eigenvalue weighted by atomic mass is 10.1. The first-order chi connectivity index (χ1) is 13.3. The summed E-state index contributed by atoms with van der Waals surface area (Å²) in [5.74, 6) is -0.0365. The molecule has 0 spiro atoms. The minimum atomic E-state index is -0.0365. The fourth-order valence-corrected chi connectivity index (χ4v) is 3.03. The lowest BCUT2D eigenvalue weighted by molar-refractivity contribution is -0.115. The van der Waals surface area contributed by atoms with Crippen molar-refractivity contribution in [2.75, 3.05) is 5.32 Å². The van der Waals surface area contributed by atoms with Crippen molar-refractivity contribution < 1.29 is 4.79 Å². The number of nitrogens with zero attached hydrogens (tertiary/aromatic N) is 1. The van der Waals surface area contributed by atoms with Crippen LogP contribution in [0.1, 0.15) is 16.8 Å². The van der Waals surface area contributed by atoms with Gasteiger partial charge in [0.25, 0.3) is 0 Å². The van der Waals surface area contributed by atoms with E-state index in [-0.39, 0.29) is 5.91 Å². The number of anilines is 1. The third kappa shape index (κ3) is 4.12. The van der Waals surface area contributed by atoms with Crippen LogP contribution in [0.5, 0.6) is 0 Å². The van der Waals surface area contributed by atoms with Gasteiger partial charge in [0.15, 0.2) is 0 Å². The SMILES string of the molecule is O=C(Cc1c[nH]c2ccccc12)Nc1cccc(C=Cc2ccccn2)c1. The van der Waals surface area contributed by atoms with E-state index in [0.29, 0.717) is 6.42 Å². The summed E-state index contributed by atoms with van der Waals surface area (Å²) in [5.41, 5.74) is 4.72. The highest BCUT2D eigenvalue weighted by atomic mass is 16.1. The van der Waals surface area contributed by atoms with Crippen LogP contribution in [0.2, 0.25) is 0 Å². The van der Waals surface area contributed by atoms with Crippen LogP contribution in [0, 0.1) is 0 Å². The lowest BCUT2D eigenvalue weighted by Gasteiger charge is -2.06. The van der Waals surface area contributed by atoms with Crippen LogP contribution in [-0.2, 0) is 11.2 Å². The molecule has 4 nitrogen and oxygen atoms in total. The van der Waals surface area contributed by atoms with Gasteiger partial charge in [0.05, 0.1) is 12.1 Å². The van der Waals surface area contributed by atoms with Gasteiger partial charge in [-0.2, -0.15) is 0 Å². The van der Waals surface area contributed by atoms with E-state index in [1.807, 2.05) is 85.1 Å². The summed E-state index contributed by atoms with van der Waals surface area (Å²) in [6, 6.07) is 21.6. The van der Waals surface area contributed by atoms with Gasteiger partial charge in [-0.1, -0.05) is 42.5 Å². The smallest absolute Gasteiger partial charge is 0.228 e. The van der Waals surface area contributed by atoms with Crippen molar-refractivity contribution in [1.29, 1.82) is 0 Å². The van der Waals surface area contributed by atoms with Gasteiger partial charge in [-0.25, -0.2) is 0 Å². The molecule has 1 amide bonds. The monoisotopic (exact) mass is 353 g/mol. The first kappa shape index (κ1) is 16.8. The second-order valence-electron chi connectivity index (χ2n) is 6.30. The average molecular weight is 353 g/mol. The molecule has 0 fully saturated rings. The molecule has 0 aliphatic heterocycles. The van der Waals surface area contributed by atoms with Crippen molar-refractivity contribution in [2.45, 2.75) is 6.42 Å². The van der Waals surface area contributed by atoms with Crippen molar-refractivity contribution in [1.82, 2.24) is 9.97 Å². The van der Waals surface area contributed by atoms with Crippen LogP contribution in [0.15, 0.2) is 79.1 Å². The second-order valence-corrected chi connectivity index (χ2v) is 6.30. The molecule has 0 aliphatic rings. The molecule has 2 N–H and O–H groups in total. The molecule has 0 saturated carbocycles. The number of benzene rings is 2. The number of para-hydroxylation sites is 1. The molecule has 4 heteroatoms. The highest BCUT2D eigenvalue weighted by Crippen LogP contribution is 2.19. The molecule has 132 valence electrons. The molecule has 0 radical (unpaired) electrons. The highest BCUT2D eigenvalue weighted by molar-refractivity contribution is 5.96. The predicted molar refractivity (Wildman–Crippen MR) is 110 cm³/mol. The number of aromatic nitrogens is 2. The van der Waals surface area contributed by atoms with Crippen LogP contribution in [0.3, 0.4) is 0 Å². The molecule has 2 aromatic heterocycles. The number of carbonyl (C=O) groups excluding carboxylic acids is 1. The van der Waals surface area contributed by atoms with Crippen LogP contribution in [0.4, 0.5) is 5.69 Å². The number of fused-ring (bicyclic) bond motifs is 1. The second kappa shape index (κ2) is 7.70. The maximum absolute atomic E-state index is 12.5. The number of nitrogens with one attached hydrogen (secondary N) is 2. The van der Waals surface area contributed by atoms with Gasteiger partial charge >= 0.3 is 0 Å². The van der Waals surface area contributed by atoms with Crippen LogP contribution >= 0.6 is 0 Å². The predicted octanol–water partition coefficient (Wildman–Crippen LogP) is 4.91. The van der Waals surface area contributed by atoms with Gasteiger partial charge in [0.2, 0.25) is 5.91 Å². The Bertz CT molecular complexity index is 1100. The molecule has 4 aromatic rings. The van der Waals surface area contributed by atoms with Crippen molar-refractivity contribution in [3.05, 3.63) is 95.9 Å². The fraction of sp³-hybridized carbons (Fsp3) is 0.0435. The van der Waals surface area contributed by atoms with Gasteiger partial charge in [0.1, 0.15) is 0 Å². The summed E-state index contributed by atoms with van der Waals surface area (Å²) in [6.07, 6.45) is 7.93. The number of hydrogen-bond acceptors (Lipinski definition) is 2. The first-order valence-corrected chi connectivity index (χ1v) is 8.82. The summed E-state index contributed by atoms with van der Waals surface area (Å²) < 4.78 is 0. The van der Waals surface area contributed by atoms with E-state index in [1.165, 1.54) is 0 Å². The Morgan fingerprint density at radius 1 is 1.00 bits per heavy atom. The van der Waals surface area contributed by atoms with Crippen LogP contribution in [0.25, 0.3) is 23.1 Å². The number of rotatable bonds is 5. The van der Waals surface area contributed by atoms with E-state index in [0.717, 1.165) is 33.4 Å². The maximum Gasteiger partial charge on any atom is 0.228 e. The molecule has 4 rings (SSSR count). The van der Waals surface area contributed by atoms with Crippen molar-refractivity contribution in [2.24, 2.45) is 0 Å². The third-order valence-electron chi connectivity index (χ3n) is 4.33. The molecule has 0 unspecified atom stereocenters. The lowest BCUT2D eigenvalue weighted by Crippen LogP contribution is -2.14. The van der Waals surface area contributed by atoms with Crippen molar-refractivity contribution in [3.63, 3.8) is 0 Å². The number of carbonyl (C=O) groups is 1. The molecule has 27 heavy (non-hydrogen) atoms. The number of pyridine rings is 1. The average Bonchev–Trinajstić information content (AvgIpc) is 3.10. The molecular formula is C23H19N3O.